The van der Waals surface area contributed by atoms with E-state index >= 15 is 0 Å². The third kappa shape index (κ3) is 3.29. The van der Waals surface area contributed by atoms with Gasteiger partial charge in [-0.25, -0.2) is 0 Å². The molecule has 3 rings (SSSR count). The lowest BCUT2D eigenvalue weighted by atomic mass is 10.1. The lowest BCUT2D eigenvalue weighted by Gasteiger charge is -2.11. The predicted octanol–water partition coefficient (Wildman–Crippen LogP) is 4.40. The number of hydrogen-bond acceptors (Lipinski definition) is 1. The molecule has 0 aliphatic heterocycles. The van der Waals surface area contributed by atoms with Crippen molar-refractivity contribution in [2.45, 2.75) is 33.2 Å². The molecule has 3 heteroatoms. The maximum Gasteiger partial charge on any atom is 0.244 e. The summed E-state index contributed by atoms with van der Waals surface area (Å²) >= 11 is 0. The van der Waals surface area contributed by atoms with Crippen molar-refractivity contribution in [1.29, 1.82) is 0 Å². The Morgan fingerprint density at radius 1 is 1.04 bits per heavy atom. The van der Waals surface area contributed by atoms with Gasteiger partial charge in [-0.2, -0.15) is 0 Å². The van der Waals surface area contributed by atoms with Crippen molar-refractivity contribution >= 4 is 22.5 Å². The average molecular weight is 306 g/mol. The standard InChI is InChI=1S/C20H22N2O/c1-3-15-9-10-19-17(13-15)11-12-22(19)14-20(23)21-18-8-6-5-7-16(18)4-2/h5-13H,3-4,14H2,1-2H3,(H,21,23). The minimum Gasteiger partial charge on any atom is -0.338 e. The number of amides is 1. The van der Waals surface area contributed by atoms with Crippen LogP contribution in [0.4, 0.5) is 5.69 Å². The first-order valence-electron chi connectivity index (χ1n) is 8.16. The Labute approximate surface area is 136 Å². The van der Waals surface area contributed by atoms with Gasteiger partial charge in [0.1, 0.15) is 6.54 Å². The van der Waals surface area contributed by atoms with E-state index in [-0.39, 0.29) is 5.91 Å². The van der Waals surface area contributed by atoms with Crippen molar-refractivity contribution in [3.05, 3.63) is 65.9 Å². The van der Waals surface area contributed by atoms with Gasteiger partial charge >= 0.3 is 0 Å². The molecular weight excluding hydrogens is 284 g/mol. The van der Waals surface area contributed by atoms with Crippen molar-refractivity contribution < 1.29 is 4.79 Å². The summed E-state index contributed by atoms with van der Waals surface area (Å²) < 4.78 is 2.00. The fourth-order valence-electron chi connectivity index (χ4n) is 2.90. The lowest BCUT2D eigenvalue weighted by Crippen LogP contribution is -2.19. The molecule has 118 valence electrons. The number of para-hydroxylation sites is 1. The average Bonchev–Trinajstić information content (AvgIpc) is 2.97. The zero-order chi connectivity index (χ0) is 16.2. The molecule has 0 unspecified atom stereocenters. The SMILES string of the molecule is CCc1ccc2c(ccn2CC(=O)Nc2ccccc2CC)c1. The van der Waals surface area contributed by atoms with Crippen molar-refractivity contribution in [2.24, 2.45) is 0 Å². The van der Waals surface area contributed by atoms with E-state index in [9.17, 15) is 4.79 Å². The summed E-state index contributed by atoms with van der Waals surface area (Å²) in [7, 11) is 0. The highest BCUT2D eigenvalue weighted by molar-refractivity contribution is 5.92. The molecule has 0 saturated heterocycles. The predicted molar refractivity (Wildman–Crippen MR) is 95.8 cm³/mol. The molecule has 1 N–H and O–H groups in total. The van der Waals surface area contributed by atoms with Crippen LogP contribution in [0.5, 0.6) is 0 Å². The maximum atomic E-state index is 12.4. The Kier molecular flexibility index (Phi) is 4.47. The number of nitrogens with one attached hydrogen (secondary N) is 1. The summed E-state index contributed by atoms with van der Waals surface area (Å²) in [5.41, 5.74) is 4.48. The van der Waals surface area contributed by atoms with Crippen LogP contribution in [0, 0.1) is 0 Å². The van der Waals surface area contributed by atoms with Gasteiger partial charge in [-0.05, 0) is 53.6 Å². The highest BCUT2D eigenvalue weighted by Gasteiger charge is 2.08. The molecule has 1 aromatic heterocycles. The van der Waals surface area contributed by atoms with Gasteiger partial charge in [-0.15, -0.1) is 0 Å². The number of aromatic nitrogens is 1. The minimum absolute atomic E-state index is 0.00275. The monoisotopic (exact) mass is 306 g/mol. The van der Waals surface area contributed by atoms with Gasteiger partial charge < -0.3 is 9.88 Å². The molecule has 0 spiro atoms. The minimum atomic E-state index is 0.00275. The van der Waals surface area contributed by atoms with Crippen LogP contribution in [0.25, 0.3) is 10.9 Å². The van der Waals surface area contributed by atoms with E-state index < -0.39 is 0 Å². The third-order valence-electron chi connectivity index (χ3n) is 4.23. The molecule has 0 aliphatic carbocycles. The van der Waals surface area contributed by atoms with Crippen LogP contribution in [0.3, 0.4) is 0 Å². The van der Waals surface area contributed by atoms with Gasteiger partial charge in [-0.3, -0.25) is 4.79 Å². The molecule has 3 nitrogen and oxygen atoms in total. The topological polar surface area (TPSA) is 34.0 Å². The van der Waals surface area contributed by atoms with E-state index in [1.165, 1.54) is 10.9 Å². The van der Waals surface area contributed by atoms with Crippen LogP contribution >= 0.6 is 0 Å². The number of fused-ring (bicyclic) bond motifs is 1. The first kappa shape index (κ1) is 15.3. The number of anilines is 1. The highest BCUT2D eigenvalue weighted by Crippen LogP contribution is 2.19. The summed E-state index contributed by atoms with van der Waals surface area (Å²) in [6, 6.07) is 16.4. The maximum absolute atomic E-state index is 12.4. The van der Waals surface area contributed by atoms with Crippen molar-refractivity contribution in [1.82, 2.24) is 4.57 Å². The molecule has 2 aromatic carbocycles. The molecule has 1 heterocycles. The number of aryl methyl sites for hydroxylation is 2. The second kappa shape index (κ2) is 6.69. The number of carbonyl (C=O) groups is 1. The molecule has 0 radical (unpaired) electrons. The number of rotatable bonds is 5. The molecule has 3 aromatic rings. The largest absolute Gasteiger partial charge is 0.338 e. The summed E-state index contributed by atoms with van der Waals surface area (Å²) in [6.07, 6.45) is 3.91. The Morgan fingerprint density at radius 3 is 2.65 bits per heavy atom. The Hall–Kier alpha value is -2.55. The number of nitrogens with zero attached hydrogens (tertiary/aromatic N) is 1. The van der Waals surface area contributed by atoms with E-state index in [0.717, 1.165) is 29.6 Å². The Bertz CT molecular complexity index is 833. The summed E-state index contributed by atoms with van der Waals surface area (Å²) in [4.78, 5) is 12.4. The van der Waals surface area contributed by atoms with Crippen LogP contribution in [-0.2, 0) is 24.2 Å². The van der Waals surface area contributed by atoms with Crippen molar-refractivity contribution in [3.63, 3.8) is 0 Å². The van der Waals surface area contributed by atoms with Crippen LogP contribution in [0.15, 0.2) is 54.7 Å². The first-order valence-corrected chi connectivity index (χ1v) is 8.16. The van der Waals surface area contributed by atoms with Gasteiger partial charge in [0.25, 0.3) is 0 Å². The molecule has 0 aliphatic rings. The fraction of sp³-hybridized carbons (Fsp3) is 0.250. The smallest absolute Gasteiger partial charge is 0.244 e. The van der Waals surface area contributed by atoms with Crippen molar-refractivity contribution in [2.75, 3.05) is 5.32 Å². The molecule has 0 fully saturated rings. The normalized spacial score (nSPS) is 10.9. The van der Waals surface area contributed by atoms with E-state index in [1.54, 1.807) is 0 Å². The van der Waals surface area contributed by atoms with Crippen LogP contribution in [0.2, 0.25) is 0 Å². The summed E-state index contributed by atoms with van der Waals surface area (Å²) in [5.74, 6) is 0.00275. The second-order valence-electron chi connectivity index (χ2n) is 5.75. The molecule has 23 heavy (non-hydrogen) atoms. The van der Waals surface area contributed by atoms with Gasteiger partial charge in [0.05, 0.1) is 0 Å². The van der Waals surface area contributed by atoms with Gasteiger partial charge in [0, 0.05) is 17.4 Å². The Balaban J connectivity index is 1.78. The van der Waals surface area contributed by atoms with Gasteiger partial charge in [0.2, 0.25) is 5.91 Å². The quantitative estimate of drug-likeness (QED) is 0.744. The van der Waals surface area contributed by atoms with E-state index in [0.29, 0.717) is 6.54 Å². The van der Waals surface area contributed by atoms with Gasteiger partial charge in [-0.1, -0.05) is 38.1 Å². The fourth-order valence-corrected chi connectivity index (χ4v) is 2.90. The van der Waals surface area contributed by atoms with E-state index in [4.69, 9.17) is 0 Å². The zero-order valence-corrected chi connectivity index (χ0v) is 13.7. The van der Waals surface area contributed by atoms with Crippen LogP contribution < -0.4 is 5.32 Å². The number of carbonyl (C=O) groups excluding carboxylic acids is 1. The molecule has 0 atom stereocenters. The van der Waals surface area contributed by atoms with Crippen LogP contribution in [0.1, 0.15) is 25.0 Å². The third-order valence-corrected chi connectivity index (χ3v) is 4.23. The van der Waals surface area contributed by atoms with E-state index in [2.05, 4.69) is 43.4 Å². The zero-order valence-electron chi connectivity index (χ0n) is 13.7. The summed E-state index contributed by atoms with van der Waals surface area (Å²) in [5, 5.41) is 4.21. The van der Waals surface area contributed by atoms with Gasteiger partial charge in [0.15, 0.2) is 0 Å². The summed E-state index contributed by atoms with van der Waals surface area (Å²) in [6.45, 7) is 4.57. The number of benzene rings is 2. The molecule has 0 bridgehead atoms. The highest BCUT2D eigenvalue weighted by atomic mass is 16.1. The molecular formula is C20H22N2O. The molecule has 0 saturated carbocycles. The Morgan fingerprint density at radius 2 is 1.87 bits per heavy atom. The molecule has 1 amide bonds. The first-order chi connectivity index (χ1) is 11.2. The second-order valence-corrected chi connectivity index (χ2v) is 5.75. The van der Waals surface area contributed by atoms with E-state index in [1.807, 2.05) is 35.0 Å². The van der Waals surface area contributed by atoms with Crippen molar-refractivity contribution in [3.8, 4) is 0 Å². The van der Waals surface area contributed by atoms with Crippen LogP contribution in [-0.4, -0.2) is 10.5 Å². The number of hydrogen-bond donors (Lipinski definition) is 1. The lowest BCUT2D eigenvalue weighted by molar-refractivity contribution is -0.116.